The highest BCUT2D eigenvalue weighted by Gasteiger charge is 2.19. The summed E-state index contributed by atoms with van der Waals surface area (Å²) in [6, 6.07) is 11.7. The van der Waals surface area contributed by atoms with E-state index in [1.54, 1.807) is 24.3 Å². The van der Waals surface area contributed by atoms with Crippen LogP contribution in [0, 0.1) is 10.1 Å². The lowest BCUT2D eigenvalue weighted by atomic mass is 10.1. The Morgan fingerprint density at radius 2 is 1.86 bits per heavy atom. The van der Waals surface area contributed by atoms with Crippen molar-refractivity contribution in [2.45, 2.75) is 18.7 Å². The number of nitro benzene ring substituents is 1. The van der Waals surface area contributed by atoms with Crippen molar-refractivity contribution < 1.29 is 22.3 Å². The van der Waals surface area contributed by atoms with E-state index in [0.29, 0.717) is 16.6 Å². The first-order valence-electron chi connectivity index (χ1n) is 8.16. The summed E-state index contributed by atoms with van der Waals surface area (Å²) in [5, 5.41) is 13.4. The van der Waals surface area contributed by atoms with Crippen LogP contribution in [-0.4, -0.2) is 17.9 Å². The van der Waals surface area contributed by atoms with Crippen molar-refractivity contribution in [3.63, 3.8) is 0 Å². The fraction of sp³-hybridized carbons (Fsp3) is 0.167. The molecule has 146 valence electrons. The molecule has 1 aromatic heterocycles. The molecule has 0 saturated carbocycles. The third kappa shape index (κ3) is 4.18. The Hall–Kier alpha value is -3.24. The SMILES string of the molecule is CC(c1ccc(CNc2cc(=O)oc3ccc([N+](=O)[O-])cc23)cc1)S(=O)(=O)O. The Balaban J connectivity index is 1.86. The number of nitro groups is 1. The molecule has 1 heterocycles. The van der Waals surface area contributed by atoms with Crippen molar-refractivity contribution in [3.05, 3.63) is 80.2 Å². The molecule has 3 aromatic rings. The van der Waals surface area contributed by atoms with Gasteiger partial charge in [-0.1, -0.05) is 24.3 Å². The summed E-state index contributed by atoms with van der Waals surface area (Å²) in [5.74, 6) is 0. The van der Waals surface area contributed by atoms with Gasteiger partial charge in [0.25, 0.3) is 15.8 Å². The average molecular weight is 404 g/mol. The van der Waals surface area contributed by atoms with E-state index in [2.05, 4.69) is 5.32 Å². The molecule has 0 bridgehead atoms. The molecule has 0 spiro atoms. The van der Waals surface area contributed by atoms with Crippen molar-refractivity contribution in [2.75, 3.05) is 5.32 Å². The Bertz CT molecular complexity index is 1200. The van der Waals surface area contributed by atoms with Gasteiger partial charge in [0, 0.05) is 30.1 Å². The van der Waals surface area contributed by atoms with Gasteiger partial charge >= 0.3 is 5.63 Å². The molecule has 0 radical (unpaired) electrons. The van der Waals surface area contributed by atoms with Gasteiger partial charge in [-0.3, -0.25) is 14.7 Å². The Morgan fingerprint density at radius 1 is 1.18 bits per heavy atom. The topological polar surface area (TPSA) is 140 Å². The van der Waals surface area contributed by atoms with Crippen LogP contribution in [-0.2, 0) is 16.7 Å². The summed E-state index contributed by atoms with van der Waals surface area (Å²) in [5.41, 5.74) is 1.09. The van der Waals surface area contributed by atoms with Crippen LogP contribution in [0.2, 0.25) is 0 Å². The predicted molar refractivity (Wildman–Crippen MR) is 103 cm³/mol. The maximum Gasteiger partial charge on any atom is 0.338 e. The smallest absolute Gasteiger partial charge is 0.338 e. The predicted octanol–water partition coefficient (Wildman–Crippen LogP) is 3.26. The molecule has 0 aliphatic heterocycles. The number of benzene rings is 2. The Morgan fingerprint density at radius 3 is 2.46 bits per heavy atom. The average Bonchev–Trinajstić information content (AvgIpc) is 2.64. The summed E-state index contributed by atoms with van der Waals surface area (Å²) in [6.45, 7) is 1.66. The standard InChI is InChI=1S/C18H16N2O7S/c1-11(28(24,25)26)13-4-2-12(3-5-13)10-19-16-9-18(21)27-17-7-6-14(20(22)23)8-15(16)17/h2-9,11,19H,10H2,1H3,(H,24,25,26). The minimum atomic E-state index is -4.18. The van der Waals surface area contributed by atoms with E-state index in [4.69, 9.17) is 8.97 Å². The van der Waals surface area contributed by atoms with E-state index in [-0.39, 0.29) is 17.8 Å². The number of nitrogens with zero attached hydrogens (tertiary/aromatic N) is 1. The largest absolute Gasteiger partial charge is 0.423 e. The fourth-order valence-electron chi connectivity index (χ4n) is 2.69. The minimum absolute atomic E-state index is 0.132. The minimum Gasteiger partial charge on any atom is -0.423 e. The number of rotatable bonds is 6. The fourth-order valence-corrected chi connectivity index (χ4v) is 3.19. The molecule has 0 aliphatic rings. The lowest BCUT2D eigenvalue weighted by Gasteiger charge is -2.11. The summed E-state index contributed by atoms with van der Waals surface area (Å²) in [6.07, 6.45) is 0. The third-order valence-corrected chi connectivity index (χ3v) is 5.48. The van der Waals surface area contributed by atoms with Crippen LogP contribution >= 0.6 is 0 Å². The highest BCUT2D eigenvalue weighted by Crippen LogP contribution is 2.27. The maximum atomic E-state index is 11.7. The van der Waals surface area contributed by atoms with Crippen molar-refractivity contribution >= 4 is 32.5 Å². The number of anilines is 1. The van der Waals surface area contributed by atoms with Crippen molar-refractivity contribution in [1.29, 1.82) is 0 Å². The molecular weight excluding hydrogens is 388 g/mol. The van der Waals surface area contributed by atoms with Gasteiger partial charge in [0.2, 0.25) is 0 Å². The number of nitrogens with one attached hydrogen (secondary N) is 1. The molecule has 0 aliphatic carbocycles. The zero-order valence-corrected chi connectivity index (χ0v) is 15.5. The van der Waals surface area contributed by atoms with Crippen LogP contribution in [0.1, 0.15) is 23.3 Å². The maximum absolute atomic E-state index is 11.7. The van der Waals surface area contributed by atoms with Gasteiger partial charge in [0.1, 0.15) is 10.8 Å². The van der Waals surface area contributed by atoms with Crippen LogP contribution in [0.25, 0.3) is 11.0 Å². The molecule has 1 atom stereocenters. The summed E-state index contributed by atoms with van der Waals surface area (Å²) < 4.78 is 36.6. The van der Waals surface area contributed by atoms with Gasteiger partial charge in [-0.25, -0.2) is 4.79 Å². The van der Waals surface area contributed by atoms with Gasteiger partial charge in [0.15, 0.2) is 0 Å². The van der Waals surface area contributed by atoms with E-state index < -0.39 is 25.9 Å². The summed E-state index contributed by atoms with van der Waals surface area (Å²) in [7, 11) is -4.18. The zero-order chi connectivity index (χ0) is 20.5. The zero-order valence-electron chi connectivity index (χ0n) is 14.7. The highest BCUT2D eigenvalue weighted by molar-refractivity contribution is 7.86. The first kappa shape index (κ1) is 19.5. The van der Waals surface area contributed by atoms with Gasteiger partial charge in [-0.05, 0) is 24.1 Å². The number of hydrogen-bond donors (Lipinski definition) is 2. The monoisotopic (exact) mass is 404 g/mol. The van der Waals surface area contributed by atoms with Crippen molar-refractivity contribution in [1.82, 2.24) is 0 Å². The van der Waals surface area contributed by atoms with Crippen LogP contribution in [0.5, 0.6) is 0 Å². The second-order valence-electron chi connectivity index (χ2n) is 6.17. The van der Waals surface area contributed by atoms with E-state index in [0.717, 1.165) is 5.56 Å². The van der Waals surface area contributed by atoms with Crippen LogP contribution < -0.4 is 10.9 Å². The van der Waals surface area contributed by atoms with Crippen LogP contribution in [0.4, 0.5) is 11.4 Å². The molecular formula is C18H16N2O7S. The molecule has 28 heavy (non-hydrogen) atoms. The van der Waals surface area contributed by atoms with E-state index in [9.17, 15) is 23.3 Å². The summed E-state index contributed by atoms with van der Waals surface area (Å²) in [4.78, 5) is 22.2. The number of non-ortho nitro benzene ring substituents is 1. The lowest BCUT2D eigenvalue weighted by Crippen LogP contribution is -2.09. The number of fused-ring (bicyclic) bond motifs is 1. The van der Waals surface area contributed by atoms with Crippen LogP contribution in [0.15, 0.2) is 57.7 Å². The molecule has 1 unspecified atom stereocenters. The third-order valence-electron chi connectivity index (χ3n) is 4.32. The normalized spacial score (nSPS) is 12.6. The van der Waals surface area contributed by atoms with E-state index in [1.807, 2.05) is 0 Å². The second-order valence-corrected chi connectivity index (χ2v) is 7.91. The lowest BCUT2D eigenvalue weighted by molar-refractivity contribution is -0.384. The van der Waals surface area contributed by atoms with E-state index in [1.165, 1.54) is 31.2 Å². The quantitative estimate of drug-likeness (QED) is 0.276. The molecule has 0 amide bonds. The van der Waals surface area contributed by atoms with Gasteiger partial charge in [-0.2, -0.15) is 8.42 Å². The van der Waals surface area contributed by atoms with Crippen molar-refractivity contribution in [3.8, 4) is 0 Å². The van der Waals surface area contributed by atoms with Gasteiger partial charge in [0.05, 0.1) is 10.6 Å². The molecule has 2 aromatic carbocycles. The molecule has 9 nitrogen and oxygen atoms in total. The first-order valence-corrected chi connectivity index (χ1v) is 9.67. The second kappa shape index (κ2) is 7.41. The molecule has 3 rings (SSSR count). The summed E-state index contributed by atoms with van der Waals surface area (Å²) >= 11 is 0. The Labute approximate surface area is 159 Å². The van der Waals surface area contributed by atoms with Gasteiger partial charge in [-0.15, -0.1) is 0 Å². The molecule has 0 fully saturated rings. The van der Waals surface area contributed by atoms with Gasteiger partial charge < -0.3 is 9.73 Å². The first-order chi connectivity index (χ1) is 13.1. The van der Waals surface area contributed by atoms with Crippen LogP contribution in [0.3, 0.4) is 0 Å². The molecule has 2 N–H and O–H groups in total. The molecule has 10 heteroatoms. The number of hydrogen-bond acceptors (Lipinski definition) is 7. The molecule has 0 saturated heterocycles. The van der Waals surface area contributed by atoms with E-state index >= 15 is 0 Å². The Kier molecular flexibility index (Phi) is 5.16. The highest BCUT2D eigenvalue weighted by atomic mass is 32.2. The van der Waals surface area contributed by atoms with Crippen molar-refractivity contribution in [2.24, 2.45) is 0 Å².